The summed E-state index contributed by atoms with van der Waals surface area (Å²) in [5.74, 6) is 0.591. The maximum absolute atomic E-state index is 9.66. The van der Waals surface area contributed by atoms with Crippen molar-refractivity contribution in [1.82, 2.24) is 0 Å². The van der Waals surface area contributed by atoms with Gasteiger partial charge in [0.25, 0.3) is 0 Å². The summed E-state index contributed by atoms with van der Waals surface area (Å²) >= 11 is 7.42. The molecule has 0 aromatic heterocycles. The number of methoxy groups -OCH3 is 1. The summed E-state index contributed by atoms with van der Waals surface area (Å²) in [6.07, 6.45) is -0.476. The van der Waals surface area contributed by atoms with Gasteiger partial charge in [0.1, 0.15) is 0 Å². The zero-order valence-corrected chi connectivity index (χ0v) is 11.3. The Labute approximate surface area is 111 Å². The summed E-state index contributed by atoms with van der Waals surface area (Å²) in [7, 11) is 1.62. The number of hydrogen-bond donors (Lipinski definition) is 1. The van der Waals surface area contributed by atoms with Crippen LogP contribution in [0.15, 0.2) is 29.2 Å². The highest BCUT2D eigenvalue weighted by Crippen LogP contribution is 2.22. The van der Waals surface area contributed by atoms with Gasteiger partial charge in [-0.1, -0.05) is 17.7 Å². The fourth-order valence-electron chi connectivity index (χ4n) is 1.16. The van der Waals surface area contributed by atoms with Crippen molar-refractivity contribution in [2.45, 2.75) is 11.0 Å². The van der Waals surface area contributed by atoms with Gasteiger partial charge in [0, 0.05) is 22.8 Å². The second-order valence-corrected chi connectivity index (χ2v) is 5.02. The van der Waals surface area contributed by atoms with E-state index in [-0.39, 0.29) is 0 Å². The minimum atomic E-state index is -0.476. The Morgan fingerprint density at radius 3 is 2.94 bits per heavy atom. The van der Waals surface area contributed by atoms with Crippen molar-refractivity contribution in [2.24, 2.45) is 0 Å². The predicted octanol–water partition coefficient (Wildman–Crippen LogP) is 2.46. The standard InChI is InChI=1S/C12H17ClO3S/c1-15-5-6-16-8-11(14)9-17-12-4-2-3-10(13)7-12/h2-4,7,11,14H,5-6,8-9H2,1H3. The van der Waals surface area contributed by atoms with Crippen molar-refractivity contribution in [3.05, 3.63) is 29.3 Å². The van der Waals surface area contributed by atoms with Gasteiger partial charge >= 0.3 is 0 Å². The lowest BCUT2D eigenvalue weighted by Crippen LogP contribution is -2.19. The largest absolute Gasteiger partial charge is 0.390 e. The SMILES string of the molecule is COCCOCC(O)CSc1cccc(Cl)c1. The molecule has 0 saturated carbocycles. The molecule has 0 bridgehead atoms. The second-order valence-electron chi connectivity index (χ2n) is 3.49. The number of aliphatic hydroxyl groups is 1. The number of halogens is 1. The Hall–Kier alpha value is -0.260. The van der Waals surface area contributed by atoms with E-state index < -0.39 is 6.10 Å². The van der Waals surface area contributed by atoms with Crippen molar-refractivity contribution in [3.8, 4) is 0 Å². The first-order valence-electron chi connectivity index (χ1n) is 5.35. The molecule has 1 rings (SSSR count). The third-order valence-electron chi connectivity index (χ3n) is 1.98. The van der Waals surface area contributed by atoms with Gasteiger partial charge in [0.05, 0.1) is 25.9 Å². The Balaban J connectivity index is 2.17. The van der Waals surface area contributed by atoms with Crippen molar-refractivity contribution in [2.75, 3.05) is 32.7 Å². The molecule has 96 valence electrons. The molecule has 1 atom stereocenters. The van der Waals surface area contributed by atoms with E-state index in [1.54, 1.807) is 18.9 Å². The van der Waals surface area contributed by atoms with Crippen LogP contribution in [-0.4, -0.2) is 43.9 Å². The Morgan fingerprint density at radius 1 is 1.41 bits per heavy atom. The average molecular weight is 277 g/mol. The molecule has 1 aromatic carbocycles. The molecule has 0 saturated heterocycles. The molecule has 0 amide bonds. The lowest BCUT2D eigenvalue weighted by atomic mass is 10.4. The van der Waals surface area contributed by atoms with Crippen LogP contribution >= 0.6 is 23.4 Å². The lowest BCUT2D eigenvalue weighted by Gasteiger charge is -2.10. The van der Waals surface area contributed by atoms with Crippen LogP contribution in [-0.2, 0) is 9.47 Å². The third kappa shape index (κ3) is 6.91. The number of rotatable bonds is 8. The maximum atomic E-state index is 9.66. The van der Waals surface area contributed by atoms with Gasteiger partial charge in [0.2, 0.25) is 0 Å². The minimum Gasteiger partial charge on any atom is -0.390 e. The smallest absolute Gasteiger partial charge is 0.0867 e. The molecule has 0 radical (unpaired) electrons. The van der Waals surface area contributed by atoms with Gasteiger partial charge in [-0.2, -0.15) is 0 Å². The molecular weight excluding hydrogens is 260 g/mol. The van der Waals surface area contributed by atoms with Gasteiger partial charge in [-0.3, -0.25) is 0 Å². The van der Waals surface area contributed by atoms with E-state index in [9.17, 15) is 5.11 Å². The molecule has 0 spiro atoms. The van der Waals surface area contributed by atoms with Crippen LogP contribution in [0.3, 0.4) is 0 Å². The number of aliphatic hydroxyl groups excluding tert-OH is 1. The van der Waals surface area contributed by atoms with Crippen LogP contribution in [0.1, 0.15) is 0 Å². The van der Waals surface area contributed by atoms with E-state index in [4.69, 9.17) is 21.1 Å². The molecule has 0 fully saturated rings. The van der Waals surface area contributed by atoms with Gasteiger partial charge in [0.15, 0.2) is 0 Å². The minimum absolute atomic E-state index is 0.330. The molecule has 0 aliphatic rings. The summed E-state index contributed by atoms with van der Waals surface area (Å²) in [5.41, 5.74) is 0. The molecular formula is C12H17ClO3S. The summed E-state index contributed by atoms with van der Waals surface area (Å²) in [6, 6.07) is 7.57. The first-order chi connectivity index (χ1) is 8.22. The lowest BCUT2D eigenvalue weighted by molar-refractivity contribution is 0.0218. The van der Waals surface area contributed by atoms with Crippen LogP contribution in [0.25, 0.3) is 0 Å². The average Bonchev–Trinajstić information content (AvgIpc) is 2.32. The quantitative estimate of drug-likeness (QED) is 0.585. The highest BCUT2D eigenvalue weighted by atomic mass is 35.5. The van der Waals surface area contributed by atoms with Gasteiger partial charge in [-0.05, 0) is 18.2 Å². The summed E-state index contributed by atoms with van der Waals surface area (Å²) in [5, 5.41) is 10.4. The monoisotopic (exact) mass is 276 g/mol. The highest BCUT2D eigenvalue weighted by molar-refractivity contribution is 7.99. The van der Waals surface area contributed by atoms with Crippen LogP contribution < -0.4 is 0 Å². The Morgan fingerprint density at radius 2 is 2.24 bits per heavy atom. The van der Waals surface area contributed by atoms with E-state index in [0.29, 0.717) is 30.6 Å². The van der Waals surface area contributed by atoms with Crippen LogP contribution in [0.5, 0.6) is 0 Å². The first-order valence-corrected chi connectivity index (χ1v) is 6.72. The number of benzene rings is 1. The van der Waals surface area contributed by atoms with Crippen molar-refractivity contribution in [1.29, 1.82) is 0 Å². The first kappa shape index (κ1) is 14.8. The van der Waals surface area contributed by atoms with Crippen molar-refractivity contribution >= 4 is 23.4 Å². The van der Waals surface area contributed by atoms with E-state index in [2.05, 4.69) is 0 Å². The zero-order chi connectivity index (χ0) is 12.5. The van der Waals surface area contributed by atoms with Gasteiger partial charge < -0.3 is 14.6 Å². The normalized spacial score (nSPS) is 12.6. The van der Waals surface area contributed by atoms with Crippen molar-refractivity contribution < 1.29 is 14.6 Å². The molecule has 3 nitrogen and oxygen atoms in total. The van der Waals surface area contributed by atoms with Gasteiger partial charge in [-0.15, -0.1) is 11.8 Å². The molecule has 0 heterocycles. The van der Waals surface area contributed by atoms with Crippen LogP contribution in [0.4, 0.5) is 0 Å². The maximum Gasteiger partial charge on any atom is 0.0867 e. The summed E-state index contributed by atoms with van der Waals surface area (Å²) < 4.78 is 10.1. The predicted molar refractivity (Wildman–Crippen MR) is 70.9 cm³/mol. The Kier molecular flexibility index (Phi) is 7.64. The highest BCUT2D eigenvalue weighted by Gasteiger charge is 2.05. The van der Waals surface area contributed by atoms with Gasteiger partial charge in [-0.25, -0.2) is 0 Å². The van der Waals surface area contributed by atoms with E-state index in [1.807, 2.05) is 24.3 Å². The molecule has 17 heavy (non-hydrogen) atoms. The summed E-state index contributed by atoms with van der Waals surface area (Å²) in [4.78, 5) is 1.05. The van der Waals surface area contributed by atoms with Crippen LogP contribution in [0.2, 0.25) is 5.02 Å². The Bertz CT molecular complexity index is 322. The van der Waals surface area contributed by atoms with E-state index >= 15 is 0 Å². The molecule has 5 heteroatoms. The van der Waals surface area contributed by atoms with E-state index in [0.717, 1.165) is 4.90 Å². The number of thioether (sulfide) groups is 1. The van der Waals surface area contributed by atoms with E-state index in [1.165, 1.54) is 0 Å². The molecule has 1 aromatic rings. The zero-order valence-electron chi connectivity index (χ0n) is 9.77. The fraction of sp³-hybridized carbons (Fsp3) is 0.500. The molecule has 1 N–H and O–H groups in total. The van der Waals surface area contributed by atoms with Crippen LogP contribution in [0, 0.1) is 0 Å². The molecule has 0 aliphatic heterocycles. The van der Waals surface area contributed by atoms with Crippen molar-refractivity contribution in [3.63, 3.8) is 0 Å². The topological polar surface area (TPSA) is 38.7 Å². The fourth-order valence-corrected chi connectivity index (χ4v) is 2.28. The summed E-state index contributed by atoms with van der Waals surface area (Å²) in [6.45, 7) is 1.39. The molecule has 0 aliphatic carbocycles. The second kappa shape index (κ2) is 8.78. The third-order valence-corrected chi connectivity index (χ3v) is 3.35. The number of ether oxygens (including phenoxy) is 2. The number of hydrogen-bond acceptors (Lipinski definition) is 4. The molecule has 1 unspecified atom stereocenters.